The first-order chi connectivity index (χ1) is 10.7. The number of alkyl halides is 1. The van der Waals surface area contributed by atoms with Crippen LogP contribution >= 0.6 is 22.6 Å². The van der Waals surface area contributed by atoms with E-state index in [0.717, 1.165) is 0 Å². The van der Waals surface area contributed by atoms with Crippen molar-refractivity contribution in [1.82, 2.24) is 0 Å². The summed E-state index contributed by atoms with van der Waals surface area (Å²) in [5.74, 6) is 0. The molecule has 0 N–H and O–H groups in total. The lowest BCUT2D eigenvalue weighted by atomic mass is 10.0. The zero-order valence-electron chi connectivity index (χ0n) is 14.7. The van der Waals surface area contributed by atoms with Crippen LogP contribution in [0.5, 0.6) is 0 Å². The maximum Gasteiger partial charge on any atom is 0.192 e. The smallest absolute Gasteiger partial charge is 0.192 e. The van der Waals surface area contributed by atoms with Crippen molar-refractivity contribution in [2.45, 2.75) is 48.9 Å². The van der Waals surface area contributed by atoms with Crippen molar-refractivity contribution in [3.05, 3.63) is 71.8 Å². The van der Waals surface area contributed by atoms with Crippen molar-refractivity contribution in [3.63, 3.8) is 0 Å². The van der Waals surface area contributed by atoms with Gasteiger partial charge in [0.05, 0.1) is 10.0 Å². The molecule has 0 spiro atoms. The molecule has 0 aliphatic carbocycles. The summed E-state index contributed by atoms with van der Waals surface area (Å²) in [6.45, 7) is 11.6. The van der Waals surface area contributed by atoms with E-state index < -0.39 is 8.32 Å². The third kappa shape index (κ3) is 4.67. The minimum absolute atomic E-state index is 0.0834. The second kappa shape index (κ2) is 7.49. The summed E-state index contributed by atoms with van der Waals surface area (Å²) < 4.78 is 7.13. The topological polar surface area (TPSA) is 9.23 Å². The first-order valence-electron chi connectivity index (χ1n) is 8.14. The van der Waals surface area contributed by atoms with Crippen molar-refractivity contribution >= 4 is 30.9 Å². The van der Waals surface area contributed by atoms with E-state index in [4.69, 9.17) is 4.43 Å². The third-order valence-electron chi connectivity index (χ3n) is 4.74. The van der Waals surface area contributed by atoms with Crippen molar-refractivity contribution < 1.29 is 4.43 Å². The Morgan fingerprint density at radius 1 is 0.826 bits per heavy atom. The molecule has 1 nitrogen and oxygen atoms in total. The van der Waals surface area contributed by atoms with E-state index in [2.05, 4.69) is 117 Å². The van der Waals surface area contributed by atoms with Gasteiger partial charge in [0.2, 0.25) is 0 Å². The molecule has 2 aromatic carbocycles. The van der Waals surface area contributed by atoms with Gasteiger partial charge >= 0.3 is 0 Å². The Morgan fingerprint density at radius 3 is 1.70 bits per heavy atom. The van der Waals surface area contributed by atoms with Gasteiger partial charge < -0.3 is 4.43 Å². The van der Waals surface area contributed by atoms with Gasteiger partial charge in [0.1, 0.15) is 0 Å². The fraction of sp³-hybridized carbons (Fsp3) is 0.400. The molecule has 2 rings (SSSR count). The van der Waals surface area contributed by atoms with Gasteiger partial charge in [-0.05, 0) is 29.3 Å². The monoisotopic (exact) mass is 438 g/mol. The predicted octanol–water partition coefficient (Wildman–Crippen LogP) is 6.93. The molecular formula is C20H27IOSi. The lowest BCUT2D eigenvalue weighted by Crippen LogP contribution is -2.42. The molecule has 2 atom stereocenters. The molecule has 2 aromatic rings. The van der Waals surface area contributed by atoms with E-state index in [1.54, 1.807) is 0 Å². The standard InChI is InChI=1S/C20H27IOSi/c1-20(2,3)23(4,5)22-19(17-14-10-7-11-15-17)18(21)16-12-8-6-9-13-16/h6-15,18-19H,1-5H3. The fourth-order valence-electron chi connectivity index (χ4n) is 2.25. The van der Waals surface area contributed by atoms with Crippen LogP contribution in [-0.2, 0) is 4.43 Å². The minimum Gasteiger partial charge on any atom is -0.409 e. The van der Waals surface area contributed by atoms with Crippen molar-refractivity contribution in [3.8, 4) is 0 Å². The summed E-state index contributed by atoms with van der Waals surface area (Å²) in [4.78, 5) is 0. The van der Waals surface area contributed by atoms with Crippen LogP contribution in [0.3, 0.4) is 0 Å². The van der Waals surface area contributed by atoms with Crippen LogP contribution in [0.25, 0.3) is 0 Å². The van der Waals surface area contributed by atoms with E-state index >= 15 is 0 Å². The zero-order valence-corrected chi connectivity index (χ0v) is 17.9. The summed E-state index contributed by atoms with van der Waals surface area (Å²) in [5, 5.41) is 0.201. The fourth-order valence-corrected chi connectivity index (χ4v) is 4.76. The van der Waals surface area contributed by atoms with E-state index in [1.807, 2.05) is 0 Å². The molecular weight excluding hydrogens is 411 g/mol. The number of hydrogen-bond acceptors (Lipinski definition) is 1. The normalized spacial score (nSPS) is 15.2. The Kier molecular flexibility index (Phi) is 6.08. The van der Waals surface area contributed by atoms with Crippen LogP contribution in [0.1, 0.15) is 41.9 Å². The number of benzene rings is 2. The Hall–Kier alpha value is -0.653. The molecule has 0 saturated heterocycles. The number of halogens is 1. The average molecular weight is 438 g/mol. The Labute approximate surface area is 155 Å². The van der Waals surface area contributed by atoms with E-state index in [0.29, 0.717) is 3.92 Å². The van der Waals surface area contributed by atoms with Gasteiger partial charge in [0.25, 0.3) is 0 Å². The van der Waals surface area contributed by atoms with Crippen LogP contribution < -0.4 is 0 Å². The van der Waals surface area contributed by atoms with Gasteiger partial charge in [0, 0.05) is 0 Å². The van der Waals surface area contributed by atoms with Crippen molar-refractivity contribution in [1.29, 1.82) is 0 Å². The van der Waals surface area contributed by atoms with Gasteiger partial charge in [-0.2, -0.15) is 0 Å². The molecule has 0 saturated carbocycles. The largest absolute Gasteiger partial charge is 0.409 e. The highest BCUT2D eigenvalue weighted by molar-refractivity contribution is 14.1. The van der Waals surface area contributed by atoms with Gasteiger partial charge in [-0.25, -0.2) is 0 Å². The van der Waals surface area contributed by atoms with Crippen LogP contribution in [0.15, 0.2) is 60.7 Å². The summed E-state index contributed by atoms with van der Waals surface area (Å²) in [7, 11) is -1.85. The Balaban J connectivity index is 2.37. The molecule has 0 fully saturated rings. The molecule has 2 unspecified atom stereocenters. The number of rotatable bonds is 5. The summed E-state index contributed by atoms with van der Waals surface area (Å²) in [6, 6.07) is 21.3. The van der Waals surface area contributed by atoms with Crippen LogP contribution in [0.2, 0.25) is 18.1 Å². The highest BCUT2D eigenvalue weighted by Gasteiger charge is 2.41. The second-order valence-electron chi connectivity index (χ2n) is 7.52. The highest BCUT2D eigenvalue weighted by atomic mass is 127. The third-order valence-corrected chi connectivity index (χ3v) is 10.6. The highest BCUT2D eigenvalue weighted by Crippen LogP contribution is 2.46. The summed E-state index contributed by atoms with van der Waals surface area (Å²) in [6.07, 6.45) is 0.0834. The zero-order chi connectivity index (χ0) is 17.1. The van der Waals surface area contributed by atoms with Gasteiger partial charge in [0.15, 0.2) is 8.32 Å². The maximum absolute atomic E-state index is 6.84. The molecule has 0 aliphatic rings. The molecule has 0 bridgehead atoms. The summed E-state index contributed by atoms with van der Waals surface area (Å²) >= 11 is 2.54. The first-order valence-corrected chi connectivity index (χ1v) is 12.3. The van der Waals surface area contributed by atoms with E-state index in [-0.39, 0.29) is 11.1 Å². The average Bonchev–Trinajstić information content (AvgIpc) is 2.52. The van der Waals surface area contributed by atoms with E-state index in [9.17, 15) is 0 Å². The molecule has 0 radical (unpaired) electrons. The SMILES string of the molecule is CC(C)(C)[Si](C)(C)OC(c1ccccc1)C(I)c1ccccc1. The molecule has 124 valence electrons. The van der Waals surface area contributed by atoms with Crippen LogP contribution in [0, 0.1) is 0 Å². The predicted molar refractivity (Wildman–Crippen MR) is 111 cm³/mol. The molecule has 0 amide bonds. The number of hydrogen-bond donors (Lipinski definition) is 0. The Bertz CT molecular complexity index is 605. The van der Waals surface area contributed by atoms with Crippen LogP contribution in [-0.4, -0.2) is 8.32 Å². The van der Waals surface area contributed by atoms with Crippen molar-refractivity contribution in [2.75, 3.05) is 0 Å². The van der Waals surface area contributed by atoms with Gasteiger partial charge in [-0.15, -0.1) is 0 Å². The lowest BCUT2D eigenvalue weighted by molar-refractivity contribution is 0.185. The lowest BCUT2D eigenvalue weighted by Gasteiger charge is -2.40. The maximum atomic E-state index is 6.84. The molecule has 23 heavy (non-hydrogen) atoms. The molecule has 0 aromatic heterocycles. The van der Waals surface area contributed by atoms with Gasteiger partial charge in [-0.1, -0.05) is 104 Å². The van der Waals surface area contributed by atoms with Crippen molar-refractivity contribution in [2.24, 2.45) is 0 Å². The first kappa shape index (κ1) is 18.7. The molecule has 0 aliphatic heterocycles. The minimum atomic E-state index is -1.85. The quantitative estimate of drug-likeness (QED) is 0.280. The Morgan fingerprint density at radius 2 is 1.26 bits per heavy atom. The van der Waals surface area contributed by atoms with Crippen LogP contribution in [0.4, 0.5) is 0 Å². The summed E-state index contributed by atoms with van der Waals surface area (Å²) in [5.41, 5.74) is 2.58. The second-order valence-corrected chi connectivity index (χ2v) is 13.6. The molecule has 3 heteroatoms. The van der Waals surface area contributed by atoms with E-state index in [1.165, 1.54) is 11.1 Å². The molecule has 0 heterocycles. The van der Waals surface area contributed by atoms with Gasteiger partial charge in [-0.3, -0.25) is 0 Å².